The maximum Gasteiger partial charge on any atom is 0.268 e. The first-order chi connectivity index (χ1) is 7.24. The lowest BCUT2D eigenvalue weighted by Crippen LogP contribution is -2.30. The third kappa shape index (κ3) is 3.80. The van der Waals surface area contributed by atoms with Crippen molar-refractivity contribution >= 4 is 11.6 Å². The van der Waals surface area contributed by atoms with Gasteiger partial charge in [0.1, 0.15) is 5.71 Å². The van der Waals surface area contributed by atoms with Gasteiger partial charge in [0.05, 0.1) is 6.33 Å². The van der Waals surface area contributed by atoms with Crippen molar-refractivity contribution in [2.24, 2.45) is 5.16 Å². The van der Waals surface area contributed by atoms with Crippen molar-refractivity contribution in [1.82, 2.24) is 14.9 Å². The van der Waals surface area contributed by atoms with Crippen molar-refractivity contribution < 1.29 is 10.0 Å². The lowest BCUT2D eigenvalue weighted by Gasteiger charge is -2.04. The van der Waals surface area contributed by atoms with Gasteiger partial charge in [-0.05, 0) is 13.3 Å². The number of hydrogen-bond donors (Lipinski definition) is 2. The second-order valence-electron chi connectivity index (χ2n) is 3.10. The van der Waals surface area contributed by atoms with Gasteiger partial charge in [0.25, 0.3) is 5.91 Å². The standard InChI is InChI=1S/C9H14N4O2/c1-8(12-15)9(14)11-3-2-5-13-6-4-10-7-13/h4,6-7,15H,2-3,5H2,1H3,(H,11,14)/b12-8-. The summed E-state index contributed by atoms with van der Waals surface area (Å²) in [5.74, 6) is -0.344. The molecule has 0 aliphatic heterocycles. The fourth-order valence-corrected chi connectivity index (χ4v) is 1.06. The van der Waals surface area contributed by atoms with Crippen molar-refractivity contribution in [2.75, 3.05) is 6.54 Å². The van der Waals surface area contributed by atoms with Gasteiger partial charge < -0.3 is 15.1 Å². The molecule has 1 rings (SSSR count). The number of carbonyl (C=O) groups is 1. The molecular formula is C9H14N4O2. The van der Waals surface area contributed by atoms with E-state index in [0.29, 0.717) is 6.54 Å². The van der Waals surface area contributed by atoms with E-state index >= 15 is 0 Å². The van der Waals surface area contributed by atoms with Gasteiger partial charge in [-0.1, -0.05) is 5.16 Å². The monoisotopic (exact) mass is 210 g/mol. The predicted octanol–water partition coefficient (Wildman–Crippen LogP) is 0.239. The maximum atomic E-state index is 11.1. The summed E-state index contributed by atoms with van der Waals surface area (Å²) >= 11 is 0. The van der Waals surface area contributed by atoms with Crippen LogP contribution in [0.1, 0.15) is 13.3 Å². The number of imidazole rings is 1. The summed E-state index contributed by atoms with van der Waals surface area (Å²) in [6.07, 6.45) is 6.10. The molecule has 0 unspecified atom stereocenters. The normalized spacial score (nSPS) is 11.4. The maximum absolute atomic E-state index is 11.1. The van der Waals surface area contributed by atoms with Crippen LogP contribution < -0.4 is 5.32 Å². The zero-order valence-electron chi connectivity index (χ0n) is 8.55. The van der Waals surface area contributed by atoms with Gasteiger partial charge in [0.2, 0.25) is 0 Å². The van der Waals surface area contributed by atoms with Gasteiger partial charge in [-0.2, -0.15) is 0 Å². The van der Waals surface area contributed by atoms with Gasteiger partial charge in [-0.3, -0.25) is 4.79 Å². The fourth-order valence-electron chi connectivity index (χ4n) is 1.06. The van der Waals surface area contributed by atoms with E-state index in [1.165, 1.54) is 6.92 Å². The summed E-state index contributed by atoms with van der Waals surface area (Å²) in [4.78, 5) is 15.0. The van der Waals surface area contributed by atoms with E-state index in [1.54, 1.807) is 12.5 Å². The molecule has 1 aromatic rings. The second kappa shape index (κ2) is 5.79. The quantitative estimate of drug-likeness (QED) is 0.316. The summed E-state index contributed by atoms with van der Waals surface area (Å²) in [5.41, 5.74) is 0.0673. The van der Waals surface area contributed by atoms with Crippen molar-refractivity contribution in [2.45, 2.75) is 19.9 Å². The SMILES string of the molecule is C/C(=N/O)C(=O)NCCCn1ccnc1. The molecule has 1 amide bonds. The minimum Gasteiger partial charge on any atom is -0.410 e. The van der Waals surface area contributed by atoms with Crippen LogP contribution in [0.3, 0.4) is 0 Å². The first-order valence-electron chi connectivity index (χ1n) is 4.66. The highest BCUT2D eigenvalue weighted by atomic mass is 16.4. The Morgan fingerprint density at radius 2 is 2.47 bits per heavy atom. The molecule has 15 heavy (non-hydrogen) atoms. The van der Waals surface area contributed by atoms with E-state index in [9.17, 15) is 4.79 Å². The second-order valence-corrected chi connectivity index (χ2v) is 3.10. The third-order valence-electron chi connectivity index (χ3n) is 1.92. The highest BCUT2D eigenvalue weighted by Crippen LogP contribution is 1.89. The smallest absolute Gasteiger partial charge is 0.268 e. The zero-order valence-corrected chi connectivity index (χ0v) is 8.55. The number of amides is 1. The molecule has 0 bridgehead atoms. The van der Waals surface area contributed by atoms with Gasteiger partial charge in [0.15, 0.2) is 0 Å². The van der Waals surface area contributed by atoms with Crippen molar-refractivity contribution in [1.29, 1.82) is 0 Å². The average Bonchev–Trinajstić information content (AvgIpc) is 2.75. The van der Waals surface area contributed by atoms with Crippen molar-refractivity contribution in [3.8, 4) is 0 Å². The van der Waals surface area contributed by atoms with Crippen LogP contribution in [0.2, 0.25) is 0 Å². The number of aromatic nitrogens is 2. The summed E-state index contributed by atoms with van der Waals surface area (Å²) in [6.45, 7) is 2.80. The van der Waals surface area contributed by atoms with Crippen LogP contribution in [0.5, 0.6) is 0 Å². The van der Waals surface area contributed by atoms with Crippen LogP contribution in [0.25, 0.3) is 0 Å². The van der Waals surface area contributed by atoms with Crippen LogP contribution in [0, 0.1) is 0 Å². The van der Waals surface area contributed by atoms with Gasteiger partial charge in [0, 0.05) is 25.5 Å². The summed E-state index contributed by atoms with van der Waals surface area (Å²) in [6, 6.07) is 0. The minimum atomic E-state index is -0.344. The van der Waals surface area contributed by atoms with Crippen LogP contribution in [0.15, 0.2) is 23.9 Å². The molecule has 1 heterocycles. The van der Waals surface area contributed by atoms with Crippen LogP contribution in [0.4, 0.5) is 0 Å². The molecule has 0 spiro atoms. The summed E-state index contributed by atoms with van der Waals surface area (Å²) < 4.78 is 1.93. The van der Waals surface area contributed by atoms with Crippen molar-refractivity contribution in [3.63, 3.8) is 0 Å². The Morgan fingerprint density at radius 1 is 1.67 bits per heavy atom. The number of nitrogens with zero attached hydrogens (tertiary/aromatic N) is 3. The van der Waals surface area contributed by atoms with E-state index in [0.717, 1.165) is 13.0 Å². The number of carbonyl (C=O) groups excluding carboxylic acids is 1. The van der Waals surface area contributed by atoms with Gasteiger partial charge >= 0.3 is 0 Å². The van der Waals surface area contributed by atoms with Crippen LogP contribution in [-0.4, -0.2) is 32.9 Å². The van der Waals surface area contributed by atoms with E-state index < -0.39 is 0 Å². The summed E-state index contributed by atoms with van der Waals surface area (Å²) in [5, 5.41) is 13.8. The highest BCUT2D eigenvalue weighted by molar-refractivity contribution is 6.37. The number of aryl methyl sites for hydroxylation is 1. The zero-order chi connectivity index (χ0) is 11.1. The molecule has 0 fully saturated rings. The Balaban J connectivity index is 2.15. The Hall–Kier alpha value is -1.85. The van der Waals surface area contributed by atoms with E-state index in [2.05, 4.69) is 15.5 Å². The number of oxime groups is 1. The predicted molar refractivity (Wildman–Crippen MR) is 54.7 cm³/mol. The van der Waals surface area contributed by atoms with Crippen LogP contribution in [-0.2, 0) is 11.3 Å². The molecule has 0 aliphatic rings. The molecule has 6 heteroatoms. The molecule has 0 atom stereocenters. The first-order valence-corrected chi connectivity index (χ1v) is 4.66. The lowest BCUT2D eigenvalue weighted by molar-refractivity contribution is -0.114. The molecule has 2 N–H and O–H groups in total. The van der Waals surface area contributed by atoms with Crippen molar-refractivity contribution in [3.05, 3.63) is 18.7 Å². The number of nitrogens with one attached hydrogen (secondary N) is 1. The van der Waals surface area contributed by atoms with Crippen LogP contribution >= 0.6 is 0 Å². The van der Waals surface area contributed by atoms with E-state index in [4.69, 9.17) is 5.21 Å². The fraction of sp³-hybridized carbons (Fsp3) is 0.444. The molecule has 0 saturated heterocycles. The minimum absolute atomic E-state index is 0.0673. The highest BCUT2D eigenvalue weighted by Gasteiger charge is 2.04. The number of rotatable bonds is 5. The summed E-state index contributed by atoms with van der Waals surface area (Å²) in [7, 11) is 0. The molecular weight excluding hydrogens is 196 g/mol. The Morgan fingerprint density at radius 3 is 3.07 bits per heavy atom. The van der Waals surface area contributed by atoms with Gasteiger partial charge in [-0.15, -0.1) is 0 Å². The molecule has 0 radical (unpaired) electrons. The molecule has 6 nitrogen and oxygen atoms in total. The van der Waals surface area contributed by atoms with E-state index in [-0.39, 0.29) is 11.6 Å². The molecule has 0 saturated carbocycles. The lowest BCUT2D eigenvalue weighted by atomic mass is 10.3. The Bertz CT molecular complexity index is 332. The molecule has 82 valence electrons. The average molecular weight is 210 g/mol. The Kier molecular flexibility index (Phi) is 4.33. The first kappa shape index (κ1) is 11.2. The molecule has 1 aromatic heterocycles. The Labute approximate surface area is 87.6 Å². The topological polar surface area (TPSA) is 79.5 Å². The van der Waals surface area contributed by atoms with E-state index in [1.807, 2.05) is 10.8 Å². The van der Waals surface area contributed by atoms with Gasteiger partial charge in [-0.25, -0.2) is 4.98 Å². The third-order valence-corrected chi connectivity index (χ3v) is 1.92. The largest absolute Gasteiger partial charge is 0.410 e. The molecule has 0 aromatic carbocycles. The number of hydrogen-bond acceptors (Lipinski definition) is 4. The molecule has 0 aliphatic carbocycles.